The molecular weight excluding hydrogens is 228 g/mol. The Morgan fingerprint density at radius 3 is 1.74 bits per heavy atom. The third kappa shape index (κ3) is 2.61. The van der Waals surface area contributed by atoms with Crippen LogP contribution in [0, 0.1) is 35.5 Å². The highest BCUT2D eigenvalue weighted by Gasteiger charge is 2.40. The number of fused-ring (bicyclic) bond motifs is 7. The molecule has 108 valence electrons. The van der Waals surface area contributed by atoms with Crippen molar-refractivity contribution < 1.29 is 0 Å². The molecule has 19 heavy (non-hydrogen) atoms. The fraction of sp³-hybridized carbons (Fsp3) is 1.00. The zero-order valence-corrected chi connectivity index (χ0v) is 12.7. The molecule has 5 aliphatic rings. The molecule has 0 spiro atoms. The largest absolute Gasteiger partial charge is 0.0528 e. The fourth-order valence-electron chi connectivity index (χ4n) is 6.45. The minimum absolute atomic E-state index is 1.12. The SMILES string of the molecule is C1CC2CCC(C1)CC(C1CC3CCCC1CC3)C2. The zero-order chi connectivity index (χ0) is 12.7. The van der Waals surface area contributed by atoms with Crippen LogP contribution >= 0.6 is 0 Å². The van der Waals surface area contributed by atoms with Crippen LogP contribution in [0.3, 0.4) is 0 Å². The van der Waals surface area contributed by atoms with Gasteiger partial charge in [0, 0.05) is 0 Å². The minimum Gasteiger partial charge on any atom is -0.0528 e. The molecule has 4 bridgehead atoms. The molecule has 0 saturated heterocycles. The van der Waals surface area contributed by atoms with Gasteiger partial charge in [0.1, 0.15) is 0 Å². The molecule has 5 unspecified atom stereocenters. The first-order chi connectivity index (χ1) is 9.38. The normalized spacial score (nSPS) is 50.5. The van der Waals surface area contributed by atoms with Crippen LogP contribution in [0.2, 0.25) is 0 Å². The molecule has 0 aromatic carbocycles. The summed E-state index contributed by atoms with van der Waals surface area (Å²) in [4.78, 5) is 0. The standard InChI is InChI=1S/C19H32/c1-3-14-7-8-15(4-1)12-18(11-14)19-13-16-5-2-6-17(19)10-9-16/h14-19H,1-13H2. The quantitative estimate of drug-likeness (QED) is 0.558. The van der Waals surface area contributed by atoms with E-state index in [2.05, 4.69) is 0 Å². The molecule has 0 amide bonds. The second kappa shape index (κ2) is 5.41. The first kappa shape index (κ1) is 12.7. The second-order valence-corrected chi connectivity index (χ2v) is 8.51. The summed E-state index contributed by atoms with van der Waals surface area (Å²) in [5, 5.41) is 0. The van der Waals surface area contributed by atoms with E-state index < -0.39 is 0 Å². The third-order valence-electron chi connectivity index (χ3n) is 7.43. The Hall–Kier alpha value is 0. The predicted octanol–water partition coefficient (Wildman–Crippen LogP) is 5.81. The van der Waals surface area contributed by atoms with Crippen molar-refractivity contribution in [3.8, 4) is 0 Å². The Morgan fingerprint density at radius 2 is 1.00 bits per heavy atom. The lowest BCUT2D eigenvalue weighted by atomic mass is 9.65. The Bertz CT molecular complexity index is 289. The molecule has 0 aliphatic heterocycles. The molecule has 0 heteroatoms. The number of hydrogen-bond acceptors (Lipinski definition) is 0. The van der Waals surface area contributed by atoms with E-state index in [9.17, 15) is 0 Å². The molecular formula is C19H32. The van der Waals surface area contributed by atoms with E-state index >= 15 is 0 Å². The first-order valence-electron chi connectivity index (χ1n) is 9.38. The van der Waals surface area contributed by atoms with Gasteiger partial charge in [0.15, 0.2) is 0 Å². The van der Waals surface area contributed by atoms with E-state index in [0.29, 0.717) is 0 Å². The number of hydrogen-bond donors (Lipinski definition) is 0. The van der Waals surface area contributed by atoms with Crippen LogP contribution in [-0.2, 0) is 0 Å². The molecule has 5 atom stereocenters. The molecule has 5 saturated carbocycles. The highest BCUT2D eigenvalue weighted by molar-refractivity contribution is 4.91. The molecule has 0 N–H and O–H groups in total. The van der Waals surface area contributed by atoms with Crippen LogP contribution in [-0.4, -0.2) is 0 Å². The van der Waals surface area contributed by atoms with E-state index in [0.717, 1.165) is 35.5 Å². The van der Waals surface area contributed by atoms with E-state index in [1.165, 1.54) is 0 Å². The lowest BCUT2D eigenvalue weighted by molar-refractivity contribution is 0.102. The highest BCUT2D eigenvalue weighted by Crippen LogP contribution is 2.51. The van der Waals surface area contributed by atoms with Gasteiger partial charge in [0.05, 0.1) is 0 Å². The zero-order valence-electron chi connectivity index (χ0n) is 12.7. The summed E-state index contributed by atoms with van der Waals surface area (Å²) in [5.41, 5.74) is 0. The summed E-state index contributed by atoms with van der Waals surface area (Å²) in [5.74, 6) is 6.82. The van der Waals surface area contributed by atoms with Crippen LogP contribution in [0.25, 0.3) is 0 Å². The molecule has 5 aliphatic carbocycles. The van der Waals surface area contributed by atoms with Crippen molar-refractivity contribution in [3.05, 3.63) is 0 Å². The second-order valence-electron chi connectivity index (χ2n) is 8.51. The lowest BCUT2D eigenvalue weighted by Crippen LogP contribution is -2.30. The summed E-state index contributed by atoms with van der Waals surface area (Å²) >= 11 is 0. The van der Waals surface area contributed by atoms with Gasteiger partial charge in [0.2, 0.25) is 0 Å². The van der Waals surface area contributed by atoms with Gasteiger partial charge in [-0.3, -0.25) is 0 Å². The van der Waals surface area contributed by atoms with Crippen molar-refractivity contribution in [3.63, 3.8) is 0 Å². The third-order valence-corrected chi connectivity index (χ3v) is 7.43. The van der Waals surface area contributed by atoms with E-state index in [-0.39, 0.29) is 0 Å². The monoisotopic (exact) mass is 260 g/mol. The van der Waals surface area contributed by atoms with Crippen molar-refractivity contribution in [2.75, 3.05) is 0 Å². The van der Waals surface area contributed by atoms with Crippen LogP contribution in [0.1, 0.15) is 83.5 Å². The minimum atomic E-state index is 1.12. The Labute approximate surface area is 119 Å². The molecule has 0 aromatic heterocycles. The summed E-state index contributed by atoms with van der Waals surface area (Å²) in [6.07, 6.45) is 20.7. The van der Waals surface area contributed by atoms with Gasteiger partial charge in [-0.15, -0.1) is 0 Å². The van der Waals surface area contributed by atoms with Crippen molar-refractivity contribution in [2.24, 2.45) is 35.5 Å². The van der Waals surface area contributed by atoms with Crippen molar-refractivity contribution in [1.29, 1.82) is 0 Å². The molecule has 5 rings (SSSR count). The van der Waals surface area contributed by atoms with E-state index in [1.807, 2.05) is 0 Å². The summed E-state index contributed by atoms with van der Waals surface area (Å²) < 4.78 is 0. The van der Waals surface area contributed by atoms with Gasteiger partial charge >= 0.3 is 0 Å². The van der Waals surface area contributed by atoms with Crippen LogP contribution < -0.4 is 0 Å². The topological polar surface area (TPSA) is 0 Å². The van der Waals surface area contributed by atoms with Gasteiger partial charge in [-0.2, -0.15) is 0 Å². The van der Waals surface area contributed by atoms with E-state index in [1.54, 1.807) is 83.5 Å². The Kier molecular flexibility index (Phi) is 3.62. The number of rotatable bonds is 1. The van der Waals surface area contributed by atoms with Crippen molar-refractivity contribution >= 4 is 0 Å². The van der Waals surface area contributed by atoms with Gasteiger partial charge < -0.3 is 0 Å². The molecule has 0 nitrogen and oxygen atoms in total. The maximum absolute atomic E-state index is 1.63. The molecule has 5 fully saturated rings. The molecule has 0 heterocycles. The van der Waals surface area contributed by atoms with Gasteiger partial charge in [-0.05, 0) is 61.2 Å². The molecule has 0 radical (unpaired) electrons. The van der Waals surface area contributed by atoms with Gasteiger partial charge in [0.25, 0.3) is 0 Å². The molecule has 0 aromatic rings. The maximum Gasteiger partial charge on any atom is -0.0355 e. The Balaban J connectivity index is 1.51. The maximum atomic E-state index is 1.63. The average Bonchev–Trinajstić information content (AvgIpc) is 2.90. The summed E-state index contributed by atoms with van der Waals surface area (Å²) in [7, 11) is 0. The smallest absolute Gasteiger partial charge is 0.0355 e. The first-order valence-corrected chi connectivity index (χ1v) is 9.38. The summed E-state index contributed by atoms with van der Waals surface area (Å²) in [6.45, 7) is 0. The highest BCUT2D eigenvalue weighted by atomic mass is 14.5. The van der Waals surface area contributed by atoms with Gasteiger partial charge in [-0.1, -0.05) is 57.8 Å². The lowest BCUT2D eigenvalue weighted by Gasteiger charge is -2.40. The predicted molar refractivity (Wildman–Crippen MR) is 81.0 cm³/mol. The van der Waals surface area contributed by atoms with Crippen LogP contribution in [0.4, 0.5) is 0 Å². The van der Waals surface area contributed by atoms with Crippen LogP contribution in [0.15, 0.2) is 0 Å². The fourth-order valence-corrected chi connectivity index (χ4v) is 6.45. The average molecular weight is 260 g/mol. The van der Waals surface area contributed by atoms with Crippen molar-refractivity contribution in [1.82, 2.24) is 0 Å². The summed E-state index contributed by atoms with van der Waals surface area (Å²) in [6, 6.07) is 0. The van der Waals surface area contributed by atoms with E-state index in [4.69, 9.17) is 0 Å². The van der Waals surface area contributed by atoms with Gasteiger partial charge in [-0.25, -0.2) is 0 Å². The van der Waals surface area contributed by atoms with Crippen molar-refractivity contribution in [2.45, 2.75) is 83.5 Å². The Morgan fingerprint density at radius 1 is 0.421 bits per heavy atom. The van der Waals surface area contributed by atoms with Crippen LogP contribution in [0.5, 0.6) is 0 Å².